The van der Waals surface area contributed by atoms with Gasteiger partial charge >= 0.3 is 29.8 Å². The van der Waals surface area contributed by atoms with E-state index in [1.54, 1.807) is 19.1 Å². The molecular formula is C26H34N2O12S. The summed E-state index contributed by atoms with van der Waals surface area (Å²) in [5, 5.41) is 2.64. The van der Waals surface area contributed by atoms with E-state index < -0.39 is 77.8 Å². The molecule has 14 nitrogen and oxygen atoms in total. The number of rotatable bonds is 12. The molecule has 6 atom stereocenters. The molecule has 1 amide bonds. The molecule has 0 radical (unpaired) electrons. The molecule has 1 aliphatic heterocycles. The molecule has 1 saturated heterocycles. The normalized spacial score (nSPS) is 23.2. The van der Waals surface area contributed by atoms with Crippen LogP contribution in [0.2, 0.25) is 0 Å². The van der Waals surface area contributed by atoms with Gasteiger partial charge in [0.15, 0.2) is 12.2 Å². The standard InChI is InChI=1S/C26H34N2O12S/c1-7-41-26(25(34)35-6)12-19(39-24(33)18-10-8-9-11-27-18)21(28-14(2)29)23(40-26)22(38-17(5)32)20(37-16(4)31)13-36-15(3)30/h8-11,19-23H,7,12-13H2,1-6H3,(H,28,29)/t19-,20+,21+,22+,23+,26-/m0/s1. The highest BCUT2D eigenvalue weighted by molar-refractivity contribution is 8.01. The number of amides is 1. The number of pyridine rings is 1. The molecule has 1 N–H and O–H groups in total. The summed E-state index contributed by atoms with van der Waals surface area (Å²) in [4.78, 5) is 76.7. The number of nitrogens with one attached hydrogen (secondary N) is 1. The quantitative estimate of drug-likeness (QED) is 0.265. The van der Waals surface area contributed by atoms with E-state index >= 15 is 0 Å². The summed E-state index contributed by atoms with van der Waals surface area (Å²) in [6.07, 6.45) is -4.67. The Hall–Kier alpha value is -3.72. The first-order valence-corrected chi connectivity index (χ1v) is 13.6. The number of carbonyl (C=O) groups is 6. The third-order valence-corrected chi connectivity index (χ3v) is 6.87. The van der Waals surface area contributed by atoms with Crippen molar-refractivity contribution >= 4 is 47.5 Å². The van der Waals surface area contributed by atoms with Crippen molar-refractivity contribution in [3.63, 3.8) is 0 Å². The highest BCUT2D eigenvalue weighted by Gasteiger charge is 2.58. The van der Waals surface area contributed by atoms with Crippen molar-refractivity contribution in [2.24, 2.45) is 0 Å². The Morgan fingerprint density at radius 2 is 1.76 bits per heavy atom. The SMILES string of the molecule is CCS[C@]1(C(=O)OC)C[C@H](OC(=O)c2ccccn2)[C@@H](NC(C)=O)[C@H]([C@H](OC(C)=O)[C@@H](COC(C)=O)OC(C)=O)O1. The second kappa shape index (κ2) is 15.3. The third kappa shape index (κ3) is 9.42. The first kappa shape index (κ1) is 33.5. The van der Waals surface area contributed by atoms with Gasteiger partial charge < -0.3 is 33.7 Å². The number of carbonyl (C=O) groups excluding carboxylic acids is 6. The van der Waals surface area contributed by atoms with Gasteiger partial charge in [-0.1, -0.05) is 13.0 Å². The van der Waals surface area contributed by atoms with E-state index in [-0.39, 0.29) is 12.1 Å². The molecule has 2 heterocycles. The second-order valence-electron chi connectivity index (χ2n) is 8.87. The number of thioether (sulfide) groups is 1. The summed E-state index contributed by atoms with van der Waals surface area (Å²) in [7, 11) is 1.14. The average Bonchev–Trinajstić information content (AvgIpc) is 2.90. The largest absolute Gasteiger partial charge is 0.466 e. The zero-order valence-electron chi connectivity index (χ0n) is 23.6. The van der Waals surface area contributed by atoms with E-state index in [9.17, 15) is 28.8 Å². The number of ether oxygens (including phenoxy) is 6. The van der Waals surface area contributed by atoms with Crippen LogP contribution in [-0.4, -0.2) is 95.6 Å². The molecule has 1 aliphatic rings. The Kier molecular flexibility index (Phi) is 12.5. The minimum Gasteiger partial charge on any atom is -0.466 e. The zero-order valence-corrected chi connectivity index (χ0v) is 24.4. The molecule has 1 aromatic rings. The highest BCUT2D eigenvalue weighted by atomic mass is 32.2. The van der Waals surface area contributed by atoms with Gasteiger partial charge in [-0.05, 0) is 17.9 Å². The van der Waals surface area contributed by atoms with Gasteiger partial charge in [-0.25, -0.2) is 14.6 Å². The number of esters is 5. The van der Waals surface area contributed by atoms with Crippen molar-refractivity contribution in [2.45, 2.75) is 76.4 Å². The first-order valence-electron chi connectivity index (χ1n) is 12.6. The summed E-state index contributed by atoms with van der Waals surface area (Å²) in [6, 6.07) is 3.33. The summed E-state index contributed by atoms with van der Waals surface area (Å²) in [5.41, 5.74) is -0.0480. The van der Waals surface area contributed by atoms with Gasteiger partial charge in [0.1, 0.15) is 24.5 Å². The summed E-state index contributed by atoms with van der Waals surface area (Å²) in [6.45, 7) is 5.66. The van der Waals surface area contributed by atoms with Gasteiger partial charge in [0, 0.05) is 40.3 Å². The minimum atomic E-state index is -1.82. The van der Waals surface area contributed by atoms with Crippen LogP contribution in [0.15, 0.2) is 24.4 Å². The molecule has 0 spiro atoms. The fraction of sp³-hybridized carbons (Fsp3) is 0.577. The van der Waals surface area contributed by atoms with Gasteiger partial charge in [0.05, 0.1) is 13.2 Å². The zero-order chi connectivity index (χ0) is 30.7. The Morgan fingerprint density at radius 3 is 2.27 bits per heavy atom. The maximum absolute atomic E-state index is 13.2. The van der Waals surface area contributed by atoms with Crippen molar-refractivity contribution in [1.29, 1.82) is 0 Å². The van der Waals surface area contributed by atoms with Crippen LogP contribution in [0.1, 0.15) is 51.5 Å². The van der Waals surface area contributed by atoms with Crippen molar-refractivity contribution in [2.75, 3.05) is 19.5 Å². The fourth-order valence-corrected chi connectivity index (χ4v) is 5.38. The third-order valence-electron chi connectivity index (χ3n) is 5.69. The molecule has 226 valence electrons. The van der Waals surface area contributed by atoms with Crippen LogP contribution in [0.25, 0.3) is 0 Å². The van der Waals surface area contributed by atoms with Crippen LogP contribution >= 0.6 is 11.8 Å². The summed E-state index contributed by atoms with van der Waals surface area (Å²) >= 11 is 1.01. The minimum absolute atomic E-state index is 0.0480. The number of aromatic nitrogens is 1. The lowest BCUT2D eigenvalue weighted by atomic mass is 9.89. The van der Waals surface area contributed by atoms with Gasteiger partial charge in [-0.2, -0.15) is 0 Å². The Bertz CT molecular complexity index is 1120. The molecular weight excluding hydrogens is 564 g/mol. The van der Waals surface area contributed by atoms with Crippen LogP contribution in [0.4, 0.5) is 0 Å². The van der Waals surface area contributed by atoms with E-state index in [1.807, 2.05) is 0 Å². The molecule has 0 unspecified atom stereocenters. The predicted octanol–water partition coefficient (Wildman–Crippen LogP) is 0.950. The van der Waals surface area contributed by atoms with E-state index in [1.165, 1.54) is 19.2 Å². The topological polar surface area (TPSA) is 183 Å². The van der Waals surface area contributed by atoms with E-state index in [0.717, 1.165) is 39.6 Å². The van der Waals surface area contributed by atoms with Gasteiger partial charge in [-0.15, -0.1) is 11.8 Å². The van der Waals surface area contributed by atoms with Gasteiger partial charge in [-0.3, -0.25) is 19.2 Å². The van der Waals surface area contributed by atoms with Crippen molar-refractivity contribution < 1.29 is 57.2 Å². The maximum atomic E-state index is 13.2. The summed E-state index contributed by atoms with van der Waals surface area (Å²) in [5.74, 6) is -4.35. The lowest BCUT2D eigenvalue weighted by Crippen LogP contribution is -2.68. The molecule has 2 rings (SSSR count). The van der Waals surface area contributed by atoms with E-state index in [0.29, 0.717) is 5.75 Å². The Balaban J connectivity index is 2.72. The van der Waals surface area contributed by atoms with Crippen molar-refractivity contribution in [3.8, 4) is 0 Å². The molecule has 41 heavy (non-hydrogen) atoms. The fourth-order valence-electron chi connectivity index (χ4n) is 4.25. The molecule has 0 saturated carbocycles. The van der Waals surface area contributed by atoms with Crippen molar-refractivity contribution in [1.82, 2.24) is 10.3 Å². The number of hydrogen-bond acceptors (Lipinski definition) is 14. The van der Waals surface area contributed by atoms with Crippen molar-refractivity contribution in [3.05, 3.63) is 30.1 Å². The van der Waals surface area contributed by atoms with Gasteiger partial charge in [0.2, 0.25) is 10.8 Å². The Morgan fingerprint density at radius 1 is 1.07 bits per heavy atom. The van der Waals surface area contributed by atoms with Crippen LogP contribution in [0.3, 0.4) is 0 Å². The van der Waals surface area contributed by atoms with E-state index in [2.05, 4.69) is 10.3 Å². The lowest BCUT2D eigenvalue weighted by Gasteiger charge is -2.48. The molecule has 1 fully saturated rings. The second-order valence-corrected chi connectivity index (χ2v) is 10.4. The first-order chi connectivity index (χ1) is 19.3. The smallest absolute Gasteiger partial charge is 0.357 e. The van der Waals surface area contributed by atoms with Crippen LogP contribution < -0.4 is 5.32 Å². The van der Waals surface area contributed by atoms with Crippen LogP contribution in [-0.2, 0) is 52.4 Å². The maximum Gasteiger partial charge on any atom is 0.357 e. The highest BCUT2D eigenvalue weighted by Crippen LogP contribution is 2.42. The predicted molar refractivity (Wildman–Crippen MR) is 141 cm³/mol. The lowest BCUT2D eigenvalue weighted by molar-refractivity contribution is -0.220. The molecule has 15 heteroatoms. The monoisotopic (exact) mass is 598 g/mol. The van der Waals surface area contributed by atoms with Crippen LogP contribution in [0, 0.1) is 0 Å². The molecule has 0 aliphatic carbocycles. The van der Waals surface area contributed by atoms with E-state index in [4.69, 9.17) is 28.4 Å². The molecule has 0 bridgehead atoms. The number of methoxy groups -OCH3 is 1. The molecule has 1 aromatic heterocycles. The summed E-state index contributed by atoms with van der Waals surface area (Å²) < 4.78 is 33.0. The number of hydrogen-bond donors (Lipinski definition) is 1. The Labute approximate surface area is 241 Å². The van der Waals surface area contributed by atoms with Gasteiger partial charge in [0.25, 0.3) is 0 Å². The average molecular weight is 599 g/mol. The van der Waals surface area contributed by atoms with Crippen LogP contribution in [0.5, 0.6) is 0 Å². The number of nitrogens with zero attached hydrogens (tertiary/aromatic N) is 1. The molecule has 0 aromatic carbocycles.